The highest BCUT2D eigenvalue weighted by Gasteiger charge is 2.16. The standard InChI is InChI=1S/C12H12N2O3S.C7H9NO3S.2C7H9NO/c13-9-6-7-11(12(8-9)18(15,16)17)14-10-4-2-1-3-5-10;1-5-4-6(12(9,10)11)2-3-7(5)8;1-9-7-4-2-6(8)3-5-7;1-9-7-5-3-2-4-6(7)8/h1-8,14H,13H2,(H,15,16,17);2-4H,8H2,1H3,(H,9,10,11);2*2-5H,8H2,1H3. The van der Waals surface area contributed by atoms with Crippen LogP contribution in [0.25, 0.3) is 0 Å². The Balaban J connectivity index is 0.000000233. The lowest BCUT2D eigenvalue weighted by molar-refractivity contribution is 0.415. The number of nitrogens with one attached hydrogen (secondary N) is 1. The van der Waals surface area contributed by atoms with E-state index in [1.165, 1.54) is 30.3 Å². The van der Waals surface area contributed by atoms with Crippen molar-refractivity contribution in [3.8, 4) is 11.5 Å². The summed E-state index contributed by atoms with van der Waals surface area (Å²) in [6.45, 7) is 1.67. The Morgan fingerprint density at radius 3 is 1.69 bits per heavy atom. The molecule has 13 nitrogen and oxygen atoms in total. The Kier molecular flexibility index (Phi) is 14.5. The summed E-state index contributed by atoms with van der Waals surface area (Å²) in [6, 6.07) is 32.0. The van der Waals surface area contributed by atoms with E-state index >= 15 is 0 Å². The van der Waals surface area contributed by atoms with Crippen LogP contribution in [0.5, 0.6) is 11.5 Å². The van der Waals surface area contributed by atoms with Crippen molar-refractivity contribution < 1.29 is 35.4 Å². The van der Waals surface area contributed by atoms with Gasteiger partial charge in [0.05, 0.1) is 30.5 Å². The molecule has 15 heteroatoms. The first-order valence-electron chi connectivity index (χ1n) is 13.9. The Labute approximate surface area is 280 Å². The largest absolute Gasteiger partial charge is 0.497 e. The number of rotatable bonds is 6. The fourth-order valence-corrected chi connectivity index (χ4v) is 4.86. The molecule has 0 atom stereocenters. The molecule has 5 rings (SSSR count). The molecule has 0 amide bonds. The molecule has 0 bridgehead atoms. The van der Waals surface area contributed by atoms with E-state index in [0.717, 1.165) is 17.2 Å². The van der Waals surface area contributed by atoms with Crippen molar-refractivity contribution in [1.82, 2.24) is 0 Å². The van der Waals surface area contributed by atoms with Crippen molar-refractivity contribution >= 4 is 54.4 Å². The molecule has 0 aliphatic heterocycles. The van der Waals surface area contributed by atoms with Crippen LogP contribution in [-0.4, -0.2) is 40.2 Å². The molecular weight excluding hydrogens is 659 g/mol. The maximum Gasteiger partial charge on any atom is 0.296 e. The summed E-state index contributed by atoms with van der Waals surface area (Å²) in [6.07, 6.45) is 0. The summed E-state index contributed by atoms with van der Waals surface area (Å²) in [7, 11) is -5.18. The number of methoxy groups -OCH3 is 2. The van der Waals surface area contributed by atoms with Gasteiger partial charge >= 0.3 is 0 Å². The molecular formula is C33H39N5O8S2. The second-order valence-corrected chi connectivity index (χ2v) is 12.5. The van der Waals surface area contributed by atoms with Crippen LogP contribution in [-0.2, 0) is 20.2 Å². The highest BCUT2D eigenvalue weighted by Crippen LogP contribution is 2.27. The average molecular weight is 698 g/mol. The van der Waals surface area contributed by atoms with Gasteiger partial charge in [-0.3, -0.25) is 9.11 Å². The molecule has 0 radical (unpaired) electrons. The van der Waals surface area contributed by atoms with Crippen LogP contribution in [0.4, 0.5) is 34.1 Å². The lowest BCUT2D eigenvalue weighted by atomic mass is 10.2. The molecule has 5 aromatic carbocycles. The lowest BCUT2D eigenvalue weighted by Crippen LogP contribution is -2.04. The topological polar surface area (TPSA) is 243 Å². The van der Waals surface area contributed by atoms with Crippen molar-refractivity contribution in [3.63, 3.8) is 0 Å². The van der Waals surface area contributed by atoms with Crippen LogP contribution in [0.1, 0.15) is 5.56 Å². The molecule has 5 aromatic rings. The molecule has 256 valence electrons. The molecule has 0 saturated carbocycles. The molecule has 48 heavy (non-hydrogen) atoms. The summed E-state index contributed by atoms with van der Waals surface area (Å²) in [5.41, 5.74) is 25.7. The number of anilines is 6. The quantitative estimate of drug-likeness (QED) is 0.0840. The third kappa shape index (κ3) is 13.1. The predicted octanol–water partition coefficient (Wildman–Crippen LogP) is 5.64. The summed E-state index contributed by atoms with van der Waals surface area (Å²) in [4.78, 5) is -0.374. The number of aryl methyl sites for hydroxylation is 1. The second kappa shape index (κ2) is 18.0. The van der Waals surface area contributed by atoms with E-state index in [4.69, 9.17) is 41.5 Å². The fourth-order valence-electron chi connectivity index (χ4n) is 3.61. The Morgan fingerprint density at radius 1 is 0.604 bits per heavy atom. The van der Waals surface area contributed by atoms with E-state index in [-0.39, 0.29) is 21.2 Å². The maximum absolute atomic E-state index is 11.3. The minimum absolute atomic E-state index is 0.130. The fraction of sp³-hybridized carbons (Fsp3) is 0.0909. The average Bonchev–Trinajstić information content (AvgIpc) is 3.04. The van der Waals surface area contributed by atoms with Crippen LogP contribution < -0.4 is 37.7 Å². The molecule has 0 spiro atoms. The van der Waals surface area contributed by atoms with Crippen LogP contribution in [0, 0.1) is 6.92 Å². The number of hydrogen-bond acceptors (Lipinski definition) is 11. The van der Waals surface area contributed by atoms with Gasteiger partial charge < -0.3 is 37.7 Å². The van der Waals surface area contributed by atoms with Gasteiger partial charge in [0.15, 0.2) is 0 Å². The lowest BCUT2D eigenvalue weighted by Gasteiger charge is -2.10. The van der Waals surface area contributed by atoms with Crippen molar-refractivity contribution in [2.24, 2.45) is 0 Å². The van der Waals surface area contributed by atoms with Gasteiger partial charge in [-0.1, -0.05) is 30.3 Å². The van der Waals surface area contributed by atoms with Crippen molar-refractivity contribution in [1.29, 1.82) is 0 Å². The van der Waals surface area contributed by atoms with Crippen molar-refractivity contribution in [3.05, 3.63) is 121 Å². The second-order valence-electron chi connectivity index (χ2n) is 9.73. The number of benzene rings is 5. The number of nitrogen functional groups attached to an aromatic ring is 4. The Morgan fingerprint density at radius 2 is 1.19 bits per heavy atom. The normalized spacial score (nSPS) is 10.4. The summed E-state index contributed by atoms with van der Waals surface area (Å²) < 4.78 is 71.4. The molecule has 11 N–H and O–H groups in total. The monoisotopic (exact) mass is 697 g/mol. The molecule has 0 aromatic heterocycles. The molecule has 0 aliphatic rings. The van der Waals surface area contributed by atoms with E-state index in [1.807, 2.05) is 48.5 Å². The van der Waals surface area contributed by atoms with E-state index in [1.54, 1.807) is 57.5 Å². The van der Waals surface area contributed by atoms with Gasteiger partial charge in [-0.15, -0.1) is 0 Å². The van der Waals surface area contributed by atoms with Gasteiger partial charge in [-0.05, 0) is 97.4 Å². The molecule has 0 aliphatic carbocycles. The van der Waals surface area contributed by atoms with Crippen LogP contribution >= 0.6 is 0 Å². The summed E-state index contributed by atoms with van der Waals surface area (Å²) in [5.74, 6) is 1.57. The van der Waals surface area contributed by atoms with Gasteiger partial charge in [-0.2, -0.15) is 16.8 Å². The number of nitrogens with two attached hydrogens (primary N) is 4. The SMILES string of the molecule is COc1ccc(N)cc1.COc1ccccc1N.Cc1cc(S(=O)(=O)O)ccc1N.Nc1ccc(Nc2ccccc2)c(S(=O)(=O)O)c1. The third-order valence-electron chi connectivity index (χ3n) is 6.13. The Bertz CT molecular complexity index is 1980. The summed E-state index contributed by atoms with van der Waals surface area (Å²) >= 11 is 0. The maximum atomic E-state index is 11.3. The summed E-state index contributed by atoms with van der Waals surface area (Å²) in [5, 5.41) is 2.91. The van der Waals surface area contributed by atoms with Gasteiger partial charge in [0.2, 0.25) is 0 Å². The number of para-hydroxylation sites is 3. The first-order chi connectivity index (χ1) is 22.5. The highest BCUT2D eigenvalue weighted by atomic mass is 32.2. The van der Waals surface area contributed by atoms with Crippen molar-refractivity contribution in [2.75, 3.05) is 42.5 Å². The molecule has 0 unspecified atom stereocenters. The number of hydrogen-bond donors (Lipinski definition) is 7. The van der Waals surface area contributed by atoms with E-state index in [9.17, 15) is 16.8 Å². The minimum Gasteiger partial charge on any atom is -0.497 e. The number of ether oxygens (including phenoxy) is 2. The van der Waals surface area contributed by atoms with Crippen LogP contribution in [0.3, 0.4) is 0 Å². The zero-order valence-electron chi connectivity index (χ0n) is 26.4. The van der Waals surface area contributed by atoms with E-state index in [0.29, 0.717) is 22.6 Å². The molecule has 0 heterocycles. The molecule has 0 fully saturated rings. The van der Waals surface area contributed by atoms with Gasteiger partial charge in [0, 0.05) is 22.7 Å². The zero-order chi connectivity index (χ0) is 35.9. The third-order valence-corrected chi connectivity index (χ3v) is 7.87. The zero-order valence-corrected chi connectivity index (χ0v) is 28.1. The Hall–Kier alpha value is -5.48. The first kappa shape index (κ1) is 38.7. The predicted molar refractivity (Wildman–Crippen MR) is 191 cm³/mol. The minimum atomic E-state index is -4.32. The first-order valence-corrected chi connectivity index (χ1v) is 16.7. The van der Waals surface area contributed by atoms with E-state index in [2.05, 4.69) is 5.32 Å². The smallest absolute Gasteiger partial charge is 0.296 e. The van der Waals surface area contributed by atoms with Crippen LogP contribution in [0.2, 0.25) is 0 Å². The van der Waals surface area contributed by atoms with E-state index < -0.39 is 20.2 Å². The van der Waals surface area contributed by atoms with Crippen LogP contribution in [0.15, 0.2) is 125 Å². The molecule has 0 saturated heterocycles. The van der Waals surface area contributed by atoms with Gasteiger partial charge in [0.25, 0.3) is 20.2 Å². The van der Waals surface area contributed by atoms with Crippen molar-refractivity contribution in [2.45, 2.75) is 16.7 Å². The van der Waals surface area contributed by atoms with Gasteiger partial charge in [0.1, 0.15) is 16.4 Å². The van der Waals surface area contributed by atoms with Gasteiger partial charge in [-0.25, -0.2) is 0 Å². The highest BCUT2D eigenvalue weighted by molar-refractivity contribution is 7.86.